The molecule has 5 nitrogen and oxygen atoms in total. The molecule has 102 valence electrons. The highest BCUT2D eigenvalue weighted by Gasteiger charge is 2.20. The fourth-order valence-corrected chi connectivity index (χ4v) is 1.67. The fourth-order valence-electron chi connectivity index (χ4n) is 1.67. The Morgan fingerprint density at radius 3 is 2.50 bits per heavy atom. The van der Waals surface area contributed by atoms with E-state index in [0.29, 0.717) is 11.3 Å². The molecule has 0 saturated heterocycles. The minimum Gasteiger partial charge on any atom is -0.479 e. The summed E-state index contributed by atoms with van der Waals surface area (Å²) in [5.41, 5.74) is 0.514. The van der Waals surface area contributed by atoms with E-state index in [0.717, 1.165) is 0 Å². The van der Waals surface area contributed by atoms with Crippen LogP contribution in [0.15, 0.2) is 59.2 Å². The molecule has 0 bridgehead atoms. The van der Waals surface area contributed by atoms with Gasteiger partial charge >= 0.3 is 5.97 Å². The van der Waals surface area contributed by atoms with Gasteiger partial charge in [-0.3, -0.25) is 4.79 Å². The lowest BCUT2D eigenvalue weighted by atomic mass is 10.1. The average Bonchev–Trinajstić information content (AvgIpc) is 2.96. The number of nitrogens with one attached hydrogen (secondary N) is 1. The van der Waals surface area contributed by atoms with E-state index < -0.39 is 17.9 Å². The van der Waals surface area contributed by atoms with Crippen molar-refractivity contribution >= 4 is 18.0 Å². The second-order valence-corrected chi connectivity index (χ2v) is 4.04. The van der Waals surface area contributed by atoms with E-state index in [1.165, 1.54) is 18.4 Å². The van der Waals surface area contributed by atoms with Gasteiger partial charge in [0.1, 0.15) is 5.76 Å². The molecular weight excluding hydrogens is 258 g/mol. The van der Waals surface area contributed by atoms with E-state index in [9.17, 15) is 14.7 Å². The largest absolute Gasteiger partial charge is 0.479 e. The third-order valence-corrected chi connectivity index (χ3v) is 2.61. The van der Waals surface area contributed by atoms with Gasteiger partial charge in [-0.05, 0) is 23.8 Å². The Hall–Kier alpha value is -2.82. The zero-order chi connectivity index (χ0) is 14.4. The lowest BCUT2D eigenvalue weighted by Crippen LogP contribution is -2.32. The number of hydrogen-bond donors (Lipinski definition) is 2. The molecule has 0 aliphatic rings. The van der Waals surface area contributed by atoms with E-state index in [-0.39, 0.29) is 0 Å². The van der Waals surface area contributed by atoms with Crippen molar-refractivity contribution in [2.24, 2.45) is 0 Å². The maximum absolute atomic E-state index is 11.7. The van der Waals surface area contributed by atoms with Gasteiger partial charge in [0, 0.05) is 6.08 Å². The van der Waals surface area contributed by atoms with Gasteiger partial charge in [-0.1, -0.05) is 30.3 Å². The molecule has 0 fully saturated rings. The third kappa shape index (κ3) is 3.58. The minimum absolute atomic E-state index is 0.502. The molecule has 0 aliphatic heterocycles. The molecule has 1 aromatic carbocycles. The van der Waals surface area contributed by atoms with E-state index in [4.69, 9.17) is 4.42 Å². The van der Waals surface area contributed by atoms with Crippen LogP contribution in [0.5, 0.6) is 0 Å². The van der Waals surface area contributed by atoms with Gasteiger partial charge in [0.2, 0.25) is 5.91 Å². The smallest absolute Gasteiger partial charge is 0.330 e. The van der Waals surface area contributed by atoms with Gasteiger partial charge < -0.3 is 14.8 Å². The topological polar surface area (TPSA) is 79.5 Å². The molecule has 0 saturated carbocycles. The summed E-state index contributed by atoms with van der Waals surface area (Å²) >= 11 is 0. The predicted octanol–water partition coefficient (Wildman–Crippen LogP) is 2.23. The zero-order valence-corrected chi connectivity index (χ0v) is 10.5. The summed E-state index contributed by atoms with van der Waals surface area (Å²) in [4.78, 5) is 22.9. The number of carbonyl (C=O) groups excluding carboxylic acids is 1. The van der Waals surface area contributed by atoms with Crippen LogP contribution >= 0.6 is 0 Å². The highest BCUT2D eigenvalue weighted by Crippen LogP contribution is 2.12. The standard InChI is InChI=1S/C15H13NO4/c17-13(9-8-12-7-4-10-20-12)16-14(15(18)19)11-5-2-1-3-6-11/h1-10,14H,(H,16,17)(H,18,19)/b9-8+/t14-/m1/s1. The Morgan fingerprint density at radius 1 is 1.15 bits per heavy atom. The highest BCUT2D eigenvalue weighted by molar-refractivity contribution is 5.94. The Morgan fingerprint density at radius 2 is 1.90 bits per heavy atom. The number of amides is 1. The van der Waals surface area contributed by atoms with Gasteiger partial charge in [-0.2, -0.15) is 0 Å². The highest BCUT2D eigenvalue weighted by atomic mass is 16.4. The van der Waals surface area contributed by atoms with Gasteiger partial charge in [-0.25, -0.2) is 4.79 Å². The van der Waals surface area contributed by atoms with Crippen LogP contribution in [0.3, 0.4) is 0 Å². The first-order valence-electron chi connectivity index (χ1n) is 5.96. The summed E-state index contributed by atoms with van der Waals surface area (Å²) in [5, 5.41) is 11.6. The molecular formula is C15H13NO4. The SMILES string of the molecule is O=C(/C=C/c1ccco1)N[C@@H](C(=O)O)c1ccccc1. The second kappa shape index (κ2) is 6.38. The number of rotatable bonds is 5. The van der Waals surface area contributed by atoms with Crippen molar-refractivity contribution in [2.45, 2.75) is 6.04 Å². The Bertz CT molecular complexity index is 602. The van der Waals surface area contributed by atoms with Crippen LogP contribution in [0.1, 0.15) is 17.4 Å². The van der Waals surface area contributed by atoms with E-state index in [1.807, 2.05) is 0 Å². The normalized spacial score (nSPS) is 12.2. The summed E-state index contributed by atoms with van der Waals surface area (Å²) in [6.45, 7) is 0. The maximum atomic E-state index is 11.7. The molecule has 1 heterocycles. The minimum atomic E-state index is -1.11. The van der Waals surface area contributed by atoms with Crippen LogP contribution in [0, 0.1) is 0 Å². The van der Waals surface area contributed by atoms with Crippen molar-refractivity contribution in [3.8, 4) is 0 Å². The van der Waals surface area contributed by atoms with Crippen LogP contribution < -0.4 is 5.32 Å². The first-order valence-corrected chi connectivity index (χ1v) is 5.96. The Kier molecular flexibility index (Phi) is 4.34. The quantitative estimate of drug-likeness (QED) is 0.817. The summed E-state index contributed by atoms with van der Waals surface area (Å²) in [6.07, 6.45) is 4.19. The first kappa shape index (κ1) is 13.6. The molecule has 0 radical (unpaired) electrons. The van der Waals surface area contributed by atoms with Crippen LogP contribution in [-0.2, 0) is 9.59 Å². The van der Waals surface area contributed by atoms with E-state index in [2.05, 4.69) is 5.32 Å². The third-order valence-electron chi connectivity index (χ3n) is 2.61. The lowest BCUT2D eigenvalue weighted by Gasteiger charge is -2.13. The number of carbonyl (C=O) groups is 2. The van der Waals surface area contributed by atoms with Crippen LogP contribution in [0.2, 0.25) is 0 Å². The van der Waals surface area contributed by atoms with Crippen molar-refractivity contribution in [3.05, 3.63) is 66.1 Å². The van der Waals surface area contributed by atoms with Crippen LogP contribution in [0.4, 0.5) is 0 Å². The van der Waals surface area contributed by atoms with E-state index in [1.54, 1.807) is 42.5 Å². The van der Waals surface area contributed by atoms with Crippen molar-refractivity contribution in [3.63, 3.8) is 0 Å². The molecule has 5 heteroatoms. The number of carboxylic acids is 1. The summed E-state index contributed by atoms with van der Waals surface area (Å²) in [7, 11) is 0. The zero-order valence-electron chi connectivity index (χ0n) is 10.5. The van der Waals surface area contributed by atoms with E-state index >= 15 is 0 Å². The fraction of sp³-hybridized carbons (Fsp3) is 0.0667. The van der Waals surface area contributed by atoms with Crippen molar-refractivity contribution in [1.29, 1.82) is 0 Å². The lowest BCUT2D eigenvalue weighted by molar-refractivity contribution is -0.141. The van der Waals surface area contributed by atoms with Crippen LogP contribution in [0.25, 0.3) is 6.08 Å². The molecule has 2 rings (SSSR count). The molecule has 2 aromatic rings. The van der Waals surface area contributed by atoms with Gasteiger partial charge in [0.25, 0.3) is 0 Å². The molecule has 0 unspecified atom stereocenters. The summed E-state index contributed by atoms with van der Waals surface area (Å²) in [5.74, 6) is -1.10. The molecule has 1 amide bonds. The molecule has 2 N–H and O–H groups in total. The number of hydrogen-bond acceptors (Lipinski definition) is 3. The van der Waals surface area contributed by atoms with Crippen molar-refractivity contribution in [2.75, 3.05) is 0 Å². The van der Waals surface area contributed by atoms with Gasteiger partial charge in [0.05, 0.1) is 6.26 Å². The first-order chi connectivity index (χ1) is 9.66. The number of carboxylic acid groups (broad SMARTS) is 1. The second-order valence-electron chi connectivity index (χ2n) is 4.04. The molecule has 0 spiro atoms. The number of furan rings is 1. The van der Waals surface area contributed by atoms with Crippen molar-refractivity contribution < 1.29 is 19.1 Å². The van der Waals surface area contributed by atoms with Gasteiger partial charge in [-0.15, -0.1) is 0 Å². The number of benzene rings is 1. The van der Waals surface area contributed by atoms with Crippen molar-refractivity contribution in [1.82, 2.24) is 5.32 Å². The van der Waals surface area contributed by atoms with Gasteiger partial charge in [0.15, 0.2) is 6.04 Å². The Labute approximate surface area is 115 Å². The van der Waals surface area contributed by atoms with Crippen LogP contribution in [-0.4, -0.2) is 17.0 Å². The predicted molar refractivity (Wildman–Crippen MR) is 72.7 cm³/mol. The summed E-state index contributed by atoms with van der Waals surface area (Å²) < 4.78 is 5.04. The summed E-state index contributed by atoms with van der Waals surface area (Å²) in [6, 6.07) is 10.8. The molecule has 20 heavy (non-hydrogen) atoms. The molecule has 1 aromatic heterocycles. The monoisotopic (exact) mass is 271 g/mol. The maximum Gasteiger partial charge on any atom is 0.330 e. The average molecular weight is 271 g/mol. The Balaban J connectivity index is 2.05. The molecule has 1 atom stereocenters. The number of aliphatic carboxylic acids is 1. The molecule has 0 aliphatic carbocycles.